The summed E-state index contributed by atoms with van der Waals surface area (Å²) < 4.78 is 1.40. The molecule has 1 aliphatic heterocycles. The predicted octanol–water partition coefficient (Wildman–Crippen LogP) is 0.103. The zero-order valence-electron chi connectivity index (χ0n) is 9.00. The first-order valence-electron chi connectivity index (χ1n) is 5.42. The summed E-state index contributed by atoms with van der Waals surface area (Å²) in [5.41, 5.74) is 0.256. The van der Waals surface area contributed by atoms with Crippen LogP contribution in [0, 0.1) is 0 Å². The third kappa shape index (κ3) is 2.44. The highest BCUT2D eigenvalue weighted by Gasteiger charge is 2.17. The predicted molar refractivity (Wildman–Crippen MR) is 55.8 cm³/mol. The molecule has 0 radical (unpaired) electrons. The van der Waals surface area contributed by atoms with Gasteiger partial charge in [-0.25, -0.2) is 4.68 Å². The topological polar surface area (TPSA) is 68.1 Å². The van der Waals surface area contributed by atoms with Gasteiger partial charge in [0.1, 0.15) is 12.2 Å². The molecule has 86 valence electrons. The molecule has 0 N–H and O–H groups in total. The van der Waals surface area contributed by atoms with Crippen molar-refractivity contribution in [2.24, 2.45) is 0 Å². The number of amides is 1. The number of nitrogens with zero attached hydrogens (tertiary/aromatic N) is 4. The summed E-state index contributed by atoms with van der Waals surface area (Å²) in [4.78, 5) is 24.0. The molecular weight excluding hydrogens is 208 g/mol. The highest BCUT2D eigenvalue weighted by atomic mass is 16.2. The average Bonchev–Trinajstić information content (AvgIpc) is 2.78. The van der Waals surface area contributed by atoms with Crippen molar-refractivity contribution in [1.82, 2.24) is 19.9 Å². The number of rotatable bonds is 3. The van der Waals surface area contributed by atoms with Crippen LogP contribution in [-0.2, 0) is 11.3 Å². The first-order chi connectivity index (χ1) is 7.79. The monoisotopic (exact) mass is 222 g/mol. The first-order valence-corrected chi connectivity index (χ1v) is 5.42. The van der Waals surface area contributed by atoms with E-state index in [0.29, 0.717) is 6.29 Å². The molecule has 6 heteroatoms. The fraction of sp³-hybridized carbons (Fsp3) is 0.600. The Labute approximate surface area is 93.2 Å². The van der Waals surface area contributed by atoms with Crippen molar-refractivity contribution in [3.8, 4) is 0 Å². The van der Waals surface area contributed by atoms with Crippen molar-refractivity contribution in [3.63, 3.8) is 0 Å². The van der Waals surface area contributed by atoms with Crippen molar-refractivity contribution in [1.29, 1.82) is 0 Å². The fourth-order valence-corrected chi connectivity index (χ4v) is 1.83. The van der Waals surface area contributed by atoms with E-state index in [4.69, 9.17) is 0 Å². The summed E-state index contributed by atoms with van der Waals surface area (Å²) in [6.07, 6.45) is 5.44. The molecule has 0 unspecified atom stereocenters. The van der Waals surface area contributed by atoms with Crippen LogP contribution < -0.4 is 0 Å². The molecule has 0 atom stereocenters. The molecule has 2 rings (SSSR count). The number of likely N-dealkylation sites (tertiary alicyclic amines) is 1. The smallest absolute Gasteiger partial charge is 0.244 e. The van der Waals surface area contributed by atoms with Crippen LogP contribution in [0.25, 0.3) is 0 Å². The third-order valence-electron chi connectivity index (χ3n) is 2.68. The molecule has 1 aromatic heterocycles. The molecule has 2 heterocycles. The van der Waals surface area contributed by atoms with E-state index in [9.17, 15) is 9.59 Å². The van der Waals surface area contributed by atoms with Gasteiger partial charge in [-0.05, 0) is 19.3 Å². The van der Waals surface area contributed by atoms with Crippen LogP contribution in [0.4, 0.5) is 0 Å². The first kappa shape index (κ1) is 10.8. The van der Waals surface area contributed by atoms with E-state index in [1.54, 1.807) is 0 Å². The van der Waals surface area contributed by atoms with Gasteiger partial charge in [0.05, 0.1) is 6.20 Å². The molecule has 16 heavy (non-hydrogen) atoms. The highest BCUT2D eigenvalue weighted by molar-refractivity contribution is 5.76. The number of carbonyl (C=O) groups excluding carboxylic acids is 2. The quantitative estimate of drug-likeness (QED) is 0.680. The SMILES string of the molecule is O=Cc1cn(CC(=O)N2CCCCC2)nn1. The second-order valence-corrected chi connectivity index (χ2v) is 3.90. The summed E-state index contributed by atoms with van der Waals surface area (Å²) in [5, 5.41) is 7.32. The Morgan fingerprint density at radius 1 is 1.38 bits per heavy atom. The van der Waals surface area contributed by atoms with Crippen LogP contribution in [0.2, 0.25) is 0 Å². The molecule has 0 aromatic carbocycles. The van der Waals surface area contributed by atoms with Crippen molar-refractivity contribution >= 4 is 12.2 Å². The molecule has 0 spiro atoms. The van der Waals surface area contributed by atoms with Gasteiger partial charge in [-0.2, -0.15) is 0 Å². The molecule has 6 nitrogen and oxygen atoms in total. The summed E-state index contributed by atoms with van der Waals surface area (Å²) in [5.74, 6) is 0.0436. The minimum atomic E-state index is 0.0436. The lowest BCUT2D eigenvalue weighted by atomic mass is 10.1. The standard InChI is InChI=1S/C10H14N4O2/c15-8-9-6-14(12-11-9)7-10(16)13-4-2-1-3-5-13/h6,8H,1-5,7H2. The average molecular weight is 222 g/mol. The lowest BCUT2D eigenvalue weighted by Crippen LogP contribution is -2.37. The van der Waals surface area contributed by atoms with E-state index < -0.39 is 0 Å². The number of aldehydes is 1. The van der Waals surface area contributed by atoms with Crippen LogP contribution >= 0.6 is 0 Å². The zero-order chi connectivity index (χ0) is 11.4. The summed E-state index contributed by atoms with van der Waals surface area (Å²) >= 11 is 0. The molecule has 0 aliphatic carbocycles. The Morgan fingerprint density at radius 3 is 2.75 bits per heavy atom. The lowest BCUT2D eigenvalue weighted by molar-refractivity contribution is -0.132. The molecule has 1 aliphatic rings. The van der Waals surface area contributed by atoms with Crippen LogP contribution in [0.15, 0.2) is 6.20 Å². The summed E-state index contributed by atoms with van der Waals surface area (Å²) in [6.45, 7) is 1.82. The number of hydrogen-bond acceptors (Lipinski definition) is 4. The normalized spacial score (nSPS) is 16.1. The maximum atomic E-state index is 11.8. The van der Waals surface area contributed by atoms with Crippen LogP contribution in [0.3, 0.4) is 0 Å². The Hall–Kier alpha value is -1.72. The minimum Gasteiger partial charge on any atom is -0.341 e. The molecule has 1 saturated heterocycles. The van der Waals surface area contributed by atoms with Gasteiger partial charge in [0.15, 0.2) is 6.29 Å². The molecular formula is C10H14N4O2. The molecule has 1 aromatic rings. The van der Waals surface area contributed by atoms with Gasteiger partial charge >= 0.3 is 0 Å². The van der Waals surface area contributed by atoms with Gasteiger partial charge in [-0.3, -0.25) is 9.59 Å². The Kier molecular flexibility index (Phi) is 3.28. The van der Waals surface area contributed by atoms with E-state index in [2.05, 4.69) is 10.3 Å². The number of aromatic nitrogens is 3. The Morgan fingerprint density at radius 2 is 2.12 bits per heavy atom. The van der Waals surface area contributed by atoms with E-state index in [-0.39, 0.29) is 18.1 Å². The van der Waals surface area contributed by atoms with E-state index in [1.165, 1.54) is 17.3 Å². The number of hydrogen-bond donors (Lipinski definition) is 0. The highest BCUT2D eigenvalue weighted by Crippen LogP contribution is 2.09. The molecule has 0 saturated carbocycles. The van der Waals surface area contributed by atoms with Crippen molar-refractivity contribution in [2.75, 3.05) is 13.1 Å². The van der Waals surface area contributed by atoms with Crippen LogP contribution in [0.1, 0.15) is 29.8 Å². The van der Waals surface area contributed by atoms with Gasteiger partial charge in [-0.1, -0.05) is 5.21 Å². The lowest BCUT2D eigenvalue weighted by Gasteiger charge is -2.26. The number of carbonyl (C=O) groups is 2. The maximum absolute atomic E-state index is 11.8. The minimum absolute atomic E-state index is 0.0436. The van der Waals surface area contributed by atoms with Gasteiger partial charge in [0.2, 0.25) is 5.91 Å². The Bertz CT molecular complexity index is 382. The number of piperidine rings is 1. The molecule has 0 bridgehead atoms. The van der Waals surface area contributed by atoms with Crippen LogP contribution in [0.5, 0.6) is 0 Å². The zero-order valence-corrected chi connectivity index (χ0v) is 9.00. The van der Waals surface area contributed by atoms with Crippen LogP contribution in [-0.4, -0.2) is 45.2 Å². The van der Waals surface area contributed by atoms with E-state index >= 15 is 0 Å². The maximum Gasteiger partial charge on any atom is 0.244 e. The van der Waals surface area contributed by atoms with Gasteiger partial charge in [-0.15, -0.1) is 5.10 Å². The largest absolute Gasteiger partial charge is 0.341 e. The van der Waals surface area contributed by atoms with Crippen molar-refractivity contribution in [2.45, 2.75) is 25.8 Å². The van der Waals surface area contributed by atoms with Gasteiger partial charge < -0.3 is 4.90 Å². The third-order valence-corrected chi connectivity index (χ3v) is 2.68. The van der Waals surface area contributed by atoms with E-state index in [1.807, 2.05) is 4.90 Å². The molecule has 1 fully saturated rings. The van der Waals surface area contributed by atoms with Crippen molar-refractivity contribution in [3.05, 3.63) is 11.9 Å². The van der Waals surface area contributed by atoms with Gasteiger partial charge in [0.25, 0.3) is 0 Å². The molecule has 1 amide bonds. The second-order valence-electron chi connectivity index (χ2n) is 3.90. The second kappa shape index (κ2) is 4.87. The summed E-state index contributed by atoms with van der Waals surface area (Å²) in [6, 6.07) is 0. The summed E-state index contributed by atoms with van der Waals surface area (Å²) in [7, 11) is 0. The van der Waals surface area contributed by atoms with Crippen molar-refractivity contribution < 1.29 is 9.59 Å². The van der Waals surface area contributed by atoms with Gasteiger partial charge in [0, 0.05) is 13.1 Å². The fourth-order valence-electron chi connectivity index (χ4n) is 1.83. The van der Waals surface area contributed by atoms with E-state index in [0.717, 1.165) is 25.9 Å². The Balaban J connectivity index is 1.92.